The molecule has 22 heavy (non-hydrogen) atoms. The molecule has 2 aromatic rings. The summed E-state index contributed by atoms with van der Waals surface area (Å²) < 4.78 is 10.9. The molecule has 0 saturated heterocycles. The third kappa shape index (κ3) is 2.85. The lowest BCUT2D eigenvalue weighted by Gasteiger charge is -2.19. The van der Waals surface area contributed by atoms with Gasteiger partial charge < -0.3 is 19.9 Å². The average molecular weight is 299 g/mol. The molecule has 1 amide bonds. The Hall–Kier alpha value is -3.02. The number of carboxylic acid groups (broad SMARTS) is 1. The van der Waals surface area contributed by atoms with Gasteiger partial charge in [-0.1, -0.05) is 0 Å². The normalized spacial score (nSPS) is 12.5. The van der Waals surface area contributed by atoms with Crippen LogP contribution in [0.5, 0.6) is 11.5 Å². The van der Waals surface area contributed by atoms with Gasteiger partial charge in [0.25, 0.3) is 5.91 Å². The molecule has 0 unspecified atom stereocenters. The molecule has 3 rings (SSSR count). The maximum atomic E-state index is 12.1. The zero-order valence-electron chi connectivity index (χ0n) is 11.5. The van der Waals surface area contributed by atoms with E-state index in [9.17, 15) is 9.59 Å². The summed E-state index contributed by atoms with van der Waals surface area (Å²) in [6, 6.07) is 10.9. The van der Waals surface area contributed by atoms with E-state index in [2.05, 4.69) is 5.32 Å². The SMILES string of the molecule is O=C(O)c1ccc(C(=O)Nc2ccc3c(c2)OCCO3)cc1. The van der Waals surface area contributed by atoms with Gasteiger partial charge in [0.1, 0.15) is 13.2 Å². The van der Waals surface area contributed by atoms with Crippen LogP contribution in [0, 0.1) is 0 Å². The van der Waals surface area contributed by atoms with E-state index in [1.165, 1.54) is 24.3 Å². The quantitative estimate of drug-likeness (QED) is 0.909. The first-order valence-corrected chi connectivity index (χ1v) is 6.68. The molecule has 2 aromatic carbocycles. The predicted octanol–water partition coefficient (Wildman–Crippen LogP) is 2.41. The molecular formula is C16H13NO5. The summed E-state index contributed by atoms with van der Waals surface area (Å²) in [7, 11) is 0. The van der Waals surface area contributed by atoms with Crippen LogP contribution in [0.15, 0.2) is 42.5 Å². The summed E-state index contributed by atoms with van der Waals surface area (Å²) in [5, 5.41) is 11.6. The van der Waals surface area contributed by atoms with Crippen LogP contribution in [0.25, 0.3) is 0 Å². The fraction of sp³-hybridized carbons (Fsp3) is 0.125. The molecule has 0 saturated carbocycles. The van der Waals surface area contributed by atoms with E-state index in [1.807, 2.05) is 0 Å². The van der Waals surface area contributed by atoms with Crippen molar-refractivity contribution >= 4 is 17.6 Å². The van der Waals surface area contributed by atoms with Crippen molar-refractivity contribution in [2.45, 2.75) is 0 Å². The Morgan fingerprint density at radius 3 is 2.23 bits per heavy atom. The molecule has 112 valence electrons. The van der Waals surface area contributed by atoms with Gasteiger partial charge in [-0.3, -0.25) is 4.79 Å². The van der Waals surface area contributed by atoms with Crippen molar-refractivity contribution in [2.75, 3.05) is 18.5 Å². The maximum Gasteiger partial charge on any atom is 0.335 e. The Labute approximate surface area is 126 Å². The van der Waals surface area contributed by atoms with Crippen molar-refractivity contribution in [2.24, 2.45) is 0 Å². The summed E-state index contributed by atoms with van der Waals surface area (Å²) in [6.45, 7) is 0.982. The van der Waals surface area contributed by atoms with Crippen LogP contribution in [-0.4, -0.2) is 30.2 Å². The van der Waals surface area contributed by atoms with E-state index < -0.39 is 5.97 Å². The lowest BCUT2D eigenvalue weighted by molar-refractivity contribution is 0.0696. The summed E-state index contributed by atoms with van der Waals surface area (Å²) in [4.78, 5) is 22.9. The van der Waals surface area contributed by atoms with Crippen LogP contribution in [0.2, 0.25) is 0 Å². The van der Waals surface area contributed by atoms with Crippen LogP contribution in [0.4, 0.5) is 5.69 Å². The molecule has 0 aromatic heterocycles. The summed E-state index contributed by atoms with van der Waals surface area (Å²) in [5.74, 6) is -0.118. The number of aromatic carboxylic acids is 1. The van der Waals surface area contributed by atoms with Gasteiger partial charge in [0.2, 0.25) is 0 Å². The van der Waals surface area contributed by atoms with Crippen LogP contribution in [0.3, 0.4) is 0 Å². The Balaban J connectivity index is 1.75. The lowest BCUT2D eigenvalue weighted by Crippen LogP contribution is -2.16. The minimum atomic E-state index is -1.03. The molecule has 0 bridgehead atoms. The zero-order valence-corrected chi connectivity index (χ0v) is 11.5. The van der Waals surface area contributed by atoms with E-state index in [1.54, 1.807) is 18.2 Å². The number of carboxylic acids is 1. The maximum absolute atomic E-state index is 12.1. The second-order valence-corrected chi connectivity index (χ2v) is 4.70. The highest BCUT2D eigenvalue weighted by molar-refractivity contribution is 6.04. The van der Waals surface area contributed by atoms with Gasteiger partial charge in [-0.2, -0.15) is 0 Å². The Bertz CT molecular complexity index is 724. The standard InChI is InChI=1S/C16H13NO5/c18-15(10-1-3-11(4-2-10)16(19)20)17-12-5-6-13-14(9-12)22-8-7-21-13/h1-6,9H,7-8H2,(H,17,18)(H,19,20). The van der Waals surface area contributed by atoms with Crippen LogP contribution < -0.4 is 14.8 Å². The average Bonchev–Trinajstić information content (AvgIpc) is 2.55. The van der Waals surface area contributed by atoms with E-state index >= 15 is 0 Å². The number of amides is 1. The molecule has 1 aliphatic rings. The molecule has 1 heterocycles. The van der Waals surface area contributed by atoms with E-state index in [0.29, 0.717) is 36.0 Å². The molecular weight excluding hydrogens is 286 g/mol. The van der Waals surface area contributed by atoms with Crippen LogP contribution in [-0.2, 0) is 0 Å². The van der Waals surface area contributed by atoms with Gasteiger partial charge in [-0.05, 0) is 36.4 Å². The summed E-state index contributed by atoms with van der Waals surface area (Å²) in [6.07, 6.45) is 0. The fourth-order valence-electron chi connectivity index (χ4n) is 2.09. The largest absolute Gasteiger partial charge is 0.486 e. The van der Waals surface area contributed by atoms with Crippen LogP contribution >= 0.6 is 0 Å². The topological polar surface area (TPSA) is 84.9 Å². The van der Waals surface area contributed by atoms with Crippen molar-refractivity contribution in [3.63, 3.8) is 0 Å². The summed E-state index contributed by atoms with van der Waals surface area (Å²) in [5.41, 5.74) is 1.09. The number of ether oxygens (including phenoxy) is 2. The highest BCUT2D eigenvalue weighted by atomic mass is 16.6. The predicted molar refractivity (Wildman–Crippen MR) is 78.8 cm³/mol. The highest BCUT2D eigenvalue weighted by Crippen LogP contribution is 2.32. The molecule has 0 fully saturated rings. The number of anilines is 1. The van der Waals surface area contributed by atoms with Gasteiger partial charge in [0.05, 0.1) is 5.56 Å². The Morgan fingerprint density at radius 2 is 1.55 bits per heavy atom. The van der Waals surface area contributed by atoms with Crippen molar-refractivity contribution in [3.05, 3.63) is 53.6 Å². The number of hydrogen-bond donors (Lipinski definition) is 2. The fourth-order valence-corrected chi connectivity index (χ4v) is 2.09. The van der Waals surface area contributed by atoms with E-state index in [0.717, 1.165) is 0 Å². The molecule has 0 atom stereocenters. The molecule has 2 N–H and O–H groups in total. The molecule has 0 aliphatic carbocycles. The first kappa shape index (κ1) is 13.9. The molecule has 0 spiro atoms. The van der Waals surface area contributed by atoms with Gasteiger partial charge in [-0.25, -0.2) is 4.79 Å². The third-order valence-corrected chi connectivity index (χ3v) is 3.19. The first-order chi connectivity index (χ1) is 10.6. The van der Waals surface area contributed by atoms with Gasteiger partial charge >= 0.3 is 5.97 Å². The highest BCUT2D eigenvalue weighted by Gasteiger charge is 2.13. The number of fused-ring (bicyclic) bond motifs is 1. The number of carbonyl (C=O) groups is 2. The van der Waals surface area contributed by atoms with Gasteiger partial charge in [-0.15, -0.1) is 0 Å². The number of nitrogens with one attached hydrogen (secondary N) is 1. The molecule has 6 heteroatoms. The van der Waals surface area contributed by atoms with E-state index in [4.69, 9.17) is 14.6 Å². The second-order valence-electron chi connectivity index (χ2n) is 4.70. The van der Waals surface area contributed by atoms with Crippen molar-refractivity contribution in [1.29, 1.82) is 0 Å². The summed E-state index contributed by atoms with van der Waals surface area (Å²) >= 11 is 0. The minimum Gasteiger partial charge on any atom is -0.486 e. The second kappa shape index (κ2) is 5.77. The molecule has 6 nitrogen and oxygen atoms in total. The zero-order chi connectivity index (χ0) is 15.5. The van der Waals surface area contributed by atoms with Crippen LogP contribution in [0.1, 0.15) is 20.7 Å². The van der Waals surface area contributed by atoms with Gasteiger partial charge in [0.15, 0.2) is 11.5 Å². The monoisotopic (exact) mass is 299 g/mol. The first-order valence-electron chi connectivity index (χ1n) is 6.68. The number of carbonyl (C=O) groups excluding carboxylic acids is 1. The molecule has 1 aliphatic heterocycles. The van der Waals surface area contributed by atoms with Crippen molar-refractivity contribution in [3.8, 4) is 11.5 Å². The van der Waals surface area contributed by atoms with Gasteiger partial charge in [0, 0.05) is 17.3 Å². The van der Waals surface area contributed by atoms with E-state index in [-0.39, 0.29) is 11.5 Å². The van der Waals surface area contributed by atoms with Crippen molar-refractivity contribution in [1.82, 2.24) is 0 Å². The lowest BCUT2D eigenvalue weighted by atomic mass is 10.1. The number of hydrogen-bond acceptors (Lipinski definition) is 4. The Morgan fingerprint density at radius 1 is 0.909 bits per heavy atom. The van der Waals surface area contributed by atoms with Crippen molar-refractivity contribution < 1.29 is 24.2 Å². The number of rotatable bonds is 3. The number of benzene rings is 2. The molecule has 0 radical (unpaired) electrons. The third-order valence-electron chi connectivity index (χ3n) is 3.19. The Kier molecular flexibility index (Phi) is 3.65. The smallest absolute Gasteiger partial charge is 0.335 e. The minimum absolute atomic E-state index is 0.135.